The van der Waals surface area contributed by atoms with E-state index in [2.05, 4.69) is 9.88 Å². The molecule has 1 aromatic rings. The standard InChI is InChI=1S/C13H20F3N3S/c1-8(17)10-3-5-19(6-4-10)7-11-12(13(14,15)16)18-9(2)20-11/h8,10H,3-7,17H2,1-2H3. The van der Waals surface area contributed by atoms with Gasteiger partial charge >= 0.3 is 6.18 Å². The van der Waals surface area contributed by atoms with Crippen LogP contribution in [0.5, 0.6) is 0 Å². The zero-order chi connectivity index (χ0) is 14.9. The molecule has 3 nitrogen and oxygen atoms in total. The molecular formula is C13H20F3N3S. The van der Waals surface area contributed by atoms with Crippen LogP contribution < -0.4 is 5.73 Å². The molecule has 1 fully saturated rings. The van der Waals surface area contributed by atoms with E-state index in [4.69, 9.17) is 5.73 Å². The molecule has 1 aromatic heterocycles. The summed E-state index contributed by atoms with van der Waals surface area (Å²) in [6.07, 6.45) is -2.45. The molecule has 0 aliphatic carbocycles. The van der Waals surface area contributed by atoms with Crippen molar-refractivity contribution >= 4 is 11.3 Å². The van der Waals surface area contributed by atoms with Crippen LogP contribution in [0.3, 0.4) is 0 Å². The third-order valence-corrected chi connectivity index (χ3v) is 4.77. The Kier molecular flexibility index (Phi) is 4.71. The van der Waals surface area contributed by atoms with Gasteiger partial charge in [0, 0.05) is 12.6 Å². The summed E-state index contributed by atoms with van der Waals surface area (Å²) in [5.74, 6) is 0.483. The van der Waals surface area contributed by atoms with Crippen molar-refractivity contribution in [3.63, 3.8) is 0 Å². The van der Waals surface area contributed by atoms with Gasteiger partial charge in [0.1, 0.15) is 0 Å². The van der Waals surface area contributed by atoms with Crippen LogP contribution in [-0.2, 0) is 12.7 Å². The molecule has 1 aliphatic rings. The van der Waals surface area contributed by atoms with Crippen molar-refractivity contribution in [3.05, 3.63) is 15.6 Å². The average Bonchev–Trinajstić information content (AvgIpc) is 2.71. The molecule has 1 aliphatic heterocycles. The Morgan fingerprint density at radius 2 is 2.00 bits per heavy atom. The monoisotopic (exact) mass is 307 g/mol. The predicted octanol–water partition coefficient (Wildman–Crippen LogP) is 3.03. The molecule has 2 heterocycles. The van der Waals surface area contributed by atoms with Gasteiger partial charge in [-0.15, -0.1) is 11.3 Å². The zero-order valence-electron chi connectivity index (χ0n) is 11.7. The molecule has 1 unspecified atom stereocenters. The van der Waals surface area contributed by atoms with Crippen molar-refractivity contribution in [1.82, 2.24) is 9.88 Å². The van der Waals surface area contributed by atoms with Crippen molar-refractivity contribution in [2.75, 3.05) is 13.1 Å². The van der Waals surface area contributed by atoms with E-state index in [1.807, 2.05) is 6.92 Å². The van der Waals surface area contributed by atoms with Crippen LogP contribution in [0, 0.1) is 12.8 Å². The van der Waals surface area contributed by atoms with Crippen molar-refractivity contribution in [2.24, 2.45) is 11.7 Å². The van der Waals surface area contributed by atoms with Crippen LogP contribution in [-0.4, -0.2) is 29.0 Å². The lowest BCUT2D eigenvalue weighted by atomic mass is 9.91. The second-order valence-electron chi connectivity index (χ2n) is 5.48. The molecule has 2 rings (SSSR count). The molecule has 0 amide bonds. The molecule has 1 atom stereocenters. The molecule has 2 N–H and O–H groups in total. The summed E-state index contributed by atoms with van der Waals surface area (Å²) in [5.41, 5.74) is 5.16. The quantitative estimate of drug-likeness (QED) is 0.933. The van der Waals surface area contributed by atoms with Gasteiger partial charge < -0.3 is 5.73 Å². The third kappa shape index (κ3) is 3.71. The minimum absolute atomic E-state index is 0.161. The van der Waals surface area contributed by atoms with Gasteiger partial charge in [0.15, 0.2) is 5.69 Å². The molecule has 0 radical (unpaired) electrons. The van der Waals surface area contributed by atoms with Crippen LogP contribution in [0.15, 0.2) is 0 Å². The first-order valence-electron chi connectivity index (χ1n) is 6.79. The summed E-state index contributed by atoms with van der Waals surface area (Å²) in [6.45, 7) is 5.56. The number of nitrogens with two attached hydrogens (primary N) is 1. The number of piperidine rings is 1. The van der Waals surface area contributed by atoms with Gasteiger partial charge in [-0.2, -0.15) is 13.2 Å². The fourth-order valence-corrected chi connectivity index (χ4v) is 3.64. The fraction of sp³-hybridized carbons (Fsp3) is 0.769. The number of rotatable bonds is 3. The van der Waals surface area contributed by atoms with Crippen LogP contribution in [0.1, 0.15) is 35.3 Å². The maximum absolute atomic E-state index is 12.9. The molecule has 0 spiro atoms. The maximum Gasteiger partial charge on any atom is 0.434 e. The number of aryl methyl sites for hydroxylation is 1. The highest BCUT2D eigenvalue weighted by Gasteiger charge is 2.37. The van der Waals surface area contributed by atoms with Crippen LogP contribution in [0.2, 0.25) is 0 Å². The smallest absolute Gasteiger partial charge is 0.328 e. The van der Waals surface area contributed by atoms with Gasteiger partial charge in [0.25, 0.3) is 0 Å². The minimum atomic E-state index is -4.36. The molecule has 20 heavy (non-hydrogen) atoms. The Bertz CT molecular complexity index is 448. The second-order valence-corrected chi connectivity index (χ2v) is 6.76. The normalized spacial score (nSPS) is 20.3. The van der Waals surface area contributed by atoms with Crippen LogP contribution >= 0.6 is 11.3 Å². The van der Waals surface area contributed by atoms with E-state index in [1.54, 1.807) is 6.92 Å². The third-order valence-electron chi connectivity index (χ3n) is 3.82. The second kappa shape index (κ2) is 5.99. The van der Waals surface area contributed by atoms with E-state index in [0.29, 0.717) is 22.3 Å². The van der Waals surface area contributed by atoms with E-state index in [-0.39, 0.29) is 6.04 Å². The summed E-state index contributed by atoms with van der Waals surface area (Å²) < 4.78 is 38.7. The lowest BCUT2D eigenvalue weighted by molar-refractivity contribution is -0.141. The van der Waals surface area contributed by atoms with Gasteiger partial charge in [-0.1, -0.05) is 0 Å². The number of hydrogen-bond acceptors (Lipinski definition) is 4. The molecular weight excluding hydrogens is 287 g/mol. The number of halogens is 3. The first kappa shape index (κ1) is 15.7. The number of hydrogen-bond donors (Lipinski definition) is 1. The summed E-state index contributed by atoms with van der Waals surface area (Å²) in [7, 11) is 0. The van der Waals surface area contributed by atoms with Gasteiger partial charge in [-0.25, -0.2) is 4.98 Å². The number of likely N-dealkylation sites (tertiary alicyclic amines) is 1. The Labute approximate surface area is 121 Å². The Hall–Kier alpha value is -0.660. The average molecular weight is 307 g/mol. The van der Waals surface area contributed by atoms with Crippen molar-refractivity contribution in [1.29, 1.82) is 0 Å². The van der Waals surface area contributed by atoms with Crippen molar-refractivity contribution in [2.45, 2.75) is 45.5 Å². The first-order valence-corrected chi connectivity index (χ1v) is 7.60. The lowest BCUT2D eigenvalue weighted by Gasteiger charge is -2.33. The Balaban J connectivity index is 2.01. The summed E-state index contributed by atoms with van der Waals surface area (Å²) >= 11 is 1.14. The van der Waals surface area contributed by atoms with E-state index in [9.17, 15) is 13.2 Å². The Morgan fingerprint density at radius 1 is 1.40 bits per heavy atom. The largest absolute Gasteiger partial charge is 0.434 e. The van der Waals surface area contributed by atoms with Gasteiger partial charge in [-0.3, -0.25) is 4.90 Å². The van der Waals surface area contributed by atoms with Crippen LogP contribution in [0.4, 0.5) is 13.2 Å². The highest BCUT2D eigenvalue weighted by atomic mass is 32.1. The van der Waals surface area contributed by atoms with E-state index < -0.39 is 11.9 Å². The van der Waals surface area contributed by atoms with Crippen molar-refractivity contribution < 1.29 is 13.2 Å². The van der Waals surface area contributed by atoms with Gasteiger partial charge in [-0.05, 0) is 45.7 Å². The van der Waals surface area contributed by atoms with E-state index in [0.717, 1.165) is 37.3 Å². The zero-order valence-corrected chi connectivity index (χ0v) is 12.5. The van der Waals surface area contributed by atoms with Gasteiger partial charge in [0.05, 0.1) is 9.88 Å². The van der Waals surface area contributed by atoms with E-state index >= 15 is 0 Å². The number of nitrogens with zero attached hydrogens (tertiary/aromatic N) is 2. The predicted molar refractivity (Wildman–Crippen MR) is 73.5 cm³/mol. The number of aromatic nitrogens is 1. The SMILES string of the molecule is Cc1nc(C(F)(F)F)c(CN2CCC(C(C)N)CC2)s1. The summed E-state index contributed by atoms with van der Waals surface area (Å²) in [5, 5.41) is 0.470. The van der Waals surface area contributed by atoms with Crippen LogP contribution in [0.25, 0.3) is 0 Å². The highest BCUT2D eigenvalue weighted by Crippen LogP contribution is 2.35. The van der Waals surface area contributed by atoms with E-state index in [1.165, 1.54) is 0 Å². The highest BCUT2D eigenvalue weighted by molar-refractivity contribution is 7.11. The lowest BCUT2D eigenvalue weighted by Crippen LogP contribution is -2.39. The number of thiazole rings is 1. The topological polar surface area (TPSA) is 42.2 Å². The summed E-state index contributed by atoms with van der Waals surface area (Å²) in [4.78, 5) is 6.04. The Morgan fingerprint density at radius 3 is 2.50 bits per heavy atom. The first-order chi connectivity index (χ1) is 9.27. The van der Waals surface area contributed by atoms with Gasteiger partial charge in [0.2, 0.25) is 0 Å². The number of alkyl halides is 3. The minimum Gasteiger partial charge on any atom is -0.328 e. The summed E-state index contributed by atoms with van der Waals surface area (Å²) in [6, 6.07) is 0.161. The molecule has 0 aromatic carbocycles. The molecule has 0 saturated carbocycles. The molecule has 7 heteroatoms. The fourth-order valence-electron chi connectivity index (χ4n) is 2.64. The molecule has 1 saturated heterocycles. The van der Waals surface area contributed by atoms with Crippen molar-refractivity contribution in [3.8, 4) is 0 Å². The molecule has 114 valence electrons. The maximum atomic E-state index is 12.9. The molecule has 0 bridgehead atoms.